The van der Waals surface area contributed by atoms with E-state index >= 15 is 0 Å². The van der Waals surface area contributed by atoms with Gasteiger partial charge >= 0.3 is 0 Å². The summed E-state index contributed by atoms with van der Waals surface area (Å²) in [5.41, 5.74) is 0. The van der Waals surface area contributed by atoms with Gasteiger partial charge in [0.2, 0.25) is 0 Å². The van der Waals surface area contributed by atoms with E-state index in [1.54, 1.807) is 6.26 Å². The van der Waals surface area contributed by atoms with E-state index in [0.29, 0.717) is 6.61 Å². The highest BCUT2D eigenvalue weighted by Gasteiger charge is 1.93. The van der Waals surface area contributed by atoms with Gasteiger partial charge in [-0.1, -0.05) is 33.1 Å². The third kappa shape index (κ3) is 9.29. The smallest absolute Gasteiger partial charge is 0.286 e. The number of rotatable bonds is 6. The summed E-state index contributed by atoms with van der Waals surface area (Å²) in [4.78, 5) is 0. The van der Waals surface area contributed by atoms with Gasteiger partial charge in [0.05, 0.1) is 0 Å². The van der Waals surface area contributed by atoms with Gasteiger partial charge in [-0.15, -0.1) is 0 Å². The molecule has 0 atom stereocenters. The lowest BCUT2D eigenvalue weighted by atomic mass is 10.1. The van der Waals surface area contributed by atoms with E-state index < -0.39 is 0 Å². The van der Waals surface area contributed by atoms with Crippen LogP contribution in [-0.2, 0) is 4.74 Å². The summed E-state index contributed by atoms with van der Waals surface area (Å²) < 4.78 is 4.55. The monoisotopic (exact) mass is 155 g/mol. The lowest BCUT2D eigenvalue weighted by molar-refractivity contribution is 0.259. The van der Waals surface area contributed by atoms with Gasteiger partial charge in [-0.3, -0.25) is 0 Å². The van der Waals surface area contributed by atoms with Crippen LogP contribution in [0, 0.1) is 17.4 Å². The summed E-state index contributed by atoms with van der Waals surface area (Å²) in [6.07, 6.45) is 6.40. The fourth-order valence-corrected chi connectivity index (χ4v) is 0.949. The summed E-state index contributed by atoms with van der Waals surface area (Å²) in [5, 5.41) is 8.04. The van der Waals surface area contributed by atoms with Crippen LogP contribution in [0.4, 0.5) is 0 Å². The first-order valence-electron chi connectivity index (χ1n) is 4.28. The number of hydrogen-bond acceptors (Lipinski definition) is 2. The Labute approximate surface area is 69.2 Å². The minimum Gasteiger partial charge on any atom is -0.428 e. The van der Waals surface area contributed by atoms with Crippen molar-refractivity contribution in [1.29, 1.82) is 5.26 Å². The summed E-state index contributed by atoms with van der Waals surface area (Å²) in [7, 11) is 0. The van der Waals surface area contributed by atoms with Gasteiger partial charge in [0, 0.05) is 0 Å². The second kappa shape index (κ2) is 7.40. The minimum absolute atomic E-state index is 0.592. The fraction of sp³-hybridized carbons (Fsp3) is 0.889. The Hall–Kier alpha value is -0.710. The lowest BCUT2D eigenvalue weighted by Gasteiger charge is -2.02. The van der Waals surface area contributed by atoms with Crippen molar-refractivity contribution in [3.63, 3.8) is 0 Å². The predicted octanol–water partition coefficient (Wildman–Crippen LogP) is 2.70. The average molecular weight is 155 g/mol. The van der Waals surface area contributed by atoms with Crippen molar-refractivity contribution in [3.05, 3.63) is 0 Å². The molecule has 2 nitrogen and oxygen atoms in total. The first kappa shape index (κ1) is 10.3. The van der Waals surface area contributed by atoms with E-state index in [-0.39, 0.29) is 0 Å². The second-order valence-corrected chi connectivity index (χ2v) is 3.18. The van der Waals surface area contributed by atoms with Crippen molar-refractivity contribution in [3.8, 4) is 6.26 Å². The third-order valence-corrected chi connectivity index (χ3v) is 1.59. The summed E-state index contributed by atoms with van der Waals surface area (Å²) in [6.45, 7) is 5.05. The topological polar surface area (TPSA) is 33.0 Å². The molecule has 64 valence electrons. The van der Waals surface area contributed by atoms with Crippen molar-refractivity contribution >= 4 is 0 Å². The van der Waals surface area contributed by atoms with E-state index in [1.807, 2.05) is 0 Å². The summed E-state index contributed by atoms with van der Waals surface area (Å²) >= 11 is 0. The van der Waals surface area contributed by atoms with Crippen LogP contribution in [0.2, 0.25) is 0 Å². The number of hydrogen-bond donors (Lipinski definition) is 0. The molecule has 0 N–H and O–H groups in total. The third-order valence-electron chi connectivity index (χ3n) is 1.59. The Morgan fingerprint density at radius 2 is 2.00 bits per heavy atom. The number of nitriles is 1. The molecule has 0 aromatic rings. The van der Waals surface area contributed by atoms with E-state index in [4.69, 9.17) is 5.26 Å². The average Bonchev–Trinajstić information content (AvgIpc) is 1.96. The van der Waals surface area contributed by atoms with Crippen LogP contribution in [0.3, 0.4) is 0 Å². The number of nitrogens with zero attached hydrogens (tertiary/aromatic N) is 1. The molecule has 2 heteroatoms. The molecule has 0 aliphatic carbocycles. The van der Waals surface area contributed by atoms with Crippen LogP contribution in [0.5, 0.6) is 0 Å². The predicted molar refractivity (Wildman–Crippen MR) is 44.9 cm³/mol. The molecule has 0 spiro atoms. The molecule has 0 radical (unpaired) electrons. The lowest BCUT2D eigenvalue weighted by Crippen LogP contribution is -1.90. The van der Waals surface area contributed by atoms with Gasteiger partial charge in [-0.25, -0.2) is 0 Å². The summed E-state index contributed by atoms with van der Waals surface area (Å²) in [5.74, 6) is 0.798. The van der Waals surface area contributed by atoms with Gasteiger partial charge < -0.3 is 4.74 Å². The molecular formula is C9H17NO. The maximum atomic E-state index is 8.04. The molecule has 0 fully saturated rings. The van der Waals surface area contributed by atoms with Crippen LogP contribution < -0.4 is 0 Å². The Kier molecular flexibility index (Phi) is 6.92. The molecule has 0 aromatic carbocycles. The molecule has 0 saturated carbocycles. The van der Waals surface area contributed by atoms with Gasteiger partial charge in [-0.2, -0.15) is 5.26 Å². The quantitative estimate of drug-likeness (QED) is 0.436. The highest BCUT2D eigenvalue weighted by molar-refractivity contribution is 4.50. The zero-order chi connectivity index (χ0) is 8.53. The molecule has 0 aliphatic heterocycles. The Morgan fingerprint density at radius 1 is 1.27 bits per heavy atom. The first-order chi connectivity index (χ1) is 5.27. The maximum absolute atomic E-state index is 8.04. The Bertz CT molecular complexity index is 115. The molecule has 0 unspecified atom stereocenters. The minimum atomic E-state index is 0.592. The zero-order valence-corrected chi connectivity index (χ0v) is 7.47. The van der Waals surface area contributed by atoms with Gasteiger partial charge in [-0.05, 0) is 12.3 Å². The first-order valence-corrected chi connectivity index (χ1v) is 4.28. The molecular weight excluding hydrogens is 138 g/mol. The van der Waals surface area contributed by atoms with Gasteiger partial charge in [0.1, 0.15) is 6.61 Å². The number of unbranched alkanes of at least 4 members (excludes halogenated alkanes) is 2. The van der Waals surface area contributed by atoms with Crippen LogP contribution in [0.15, 0.2) is 0 Å². The molecule has 0 aliphatic rings. The number of ether oxygens (including phenoxy) is 1. The van der Waals surface area contributed by atoms with Crippen molar-refractivity contribution < 1.29 is 4.74 Å². The highest BCUT2D eigenvalue weighted by Crippen LogP contribution is 2.07. The molecule has 11 heavy (non-hydrogen) atoms. The highest BCUT2D eigenvalue weighted by atomic mass is 16.5. The SMILES string of the molecule is CC(C)CCCCCOC#N. The van der Waals surface area contributed by atoms with E-state index in [1.165, 1.54) is 19.3 Å². The Morgan fingerprint density at radius 3 is 2.55 bits per heavy atom. The zero-order valence-electron chi connectivity index (χ0n) is 7.47. The Balaban J connectivity index is 2.86. The molecule has 0 heterocycles. The second-order valence-electron chi connectivity index (χ2n) is 3.18. The van der Waals surface area contributed by atoms with E-state index in [0.717, 1.165) is 12.3 Å². The van der Waals surface area contributed by atoms with Gasteiger partial charge in [0.15, 0.2) is 0 Å². The molecule has 0 rings (SSSR count). The molecule has 0 saturated heterocycles. The normalized spacial score (nSPS) is 9.64. The van der Waals surface area contributed by atoms with Crippen LogP contribution in [0.1, 0.15) is 39.5 Å². The van der Waals surface area contributed by atoms with Crippen LogP contribution in [-0.4, -0.2) is 6.61 Å². The molecule has 0 amide bonds. The standard InChI is InChI=1S/C9H17NO/c1-9(2)6-4-3-5-7-11-8-10/h9H,3-7H2,1-2H3. The van der Waals surface area contributed by atoms with Crippen molar-refractivity contribution in [2.24, 2.45) is 5.92 Å². The molecule has 0 aromatic heterocycles. The molecule has 0 bridgehead atoms. The van der Waals surface area contributed by atoms with Crippen molar-refractivity contribution in [1.82, 2.24) is 0 Å². The van der Waals surface area contributed by atoms with E-state index in [9.17, 15) is 0 Å². The van der Waals surface area contributed by atoms with Gasteiger partial charge in [0.25, 0.3) is 6.26 Å². The van der Waals surface area contributed by atoms with E-state index in [2.05, 4.69) is 18.6 Å². The van der Waals surface area contributed by atoms with Crippen LogP contribution >= 0.6 is 0 Å². The maximum Gasteiger partial charge on any atom is 0.286 e. The fourth-order valence-electron chi connectivity index (χ4n) is 0.949. The summed E-state index contributed by atoms with van der Waals surface area (Å²) in [6, 6.07) is 0. The van der Waals surface area contributed by atoms with Crippen molar-refractivity contribution in [2.45, 2.75) is 39.5 Å². The van der Waals surface area contributed by atoms with Crippen molar-refractivity contribution in [2.75, 3.05) is 6.61 Å². The van der Waals surface area contributed by atoms with Crippen LogP contribution in [0.25, 0.3) is 0 Å². The largest absolute Gasteiger partial charge is 0.428 e.